The first-order chi connectivity index (χ1) is 22.2. The van der Waals surface area contributed by atoms with E-state index in [1.54, 1.807) is 18.2 Å². The lowest BCUT2D eigenvalue weighted by Crippen LogP contribution is -2.57. The van der Waals surface area contributed by atoms with Crippen LogP contribution in [0.1, 0.15) is 65.0 Å². The minimum Gasteiger partial charge on any atom is -0.493 e. The number of ether oxygens (including phenoxy) is 3. The third-order valence-corrected chi connectivity index (χ3v) is 9.06. The van der Waals surface area contributed by atoms with E-state index in [1.165, 1.54) is 0 Å². The summed E-state index contributed by atoms with van der Waals surface area (Å²) in [4.78, 5) is 41.4. The Kier molecular flexibility index (Phi) is 9.58. The molecule has 3 amide bonds. The van der Waals surface area contributed by atoms with Gasteiger partial charge >= 0.3 is 0 Å². The van der Waals surface area contributed by atoms with Crippen LogP contribution in [0, 0.1) is 19.8 Å². The number of aromatic nitrogens is 2. The molecule has 2 atom stereocenters. The third-order valence-electron chi connectivity index (χ3n) is 9.06. The van der Waals surface area contributed by atoms with Gasteiger partial charge in [-0.05, 0) is 80.8 Å². The van der Waals surface area contributed by atoms with Crippen molar-refractivity contribution in [3.63, 3.8) is 0 Å². The maximum Gasteiger partial charge on any atom is 0.251 e. The van der Waals surface area contributed by atoms with Gasteiger partial charge in [0.2, 0.25) is 11.8 Å². The lowest BCUT2D eigenvalue weighted by molar-refractivity contribution is -0.137. The van der Waals surface area contributed by atoms with Crippen LogP contribution in [0.25, 0.3) is 0 Å². The van der Waals surface area contributed by atoms with E-state index in [9.17, 15) is 14.4 Å². The normalized spacial score (nSPS) is 20.5. The summed E-state index contributed by atoms with van der Waals surface area (Å²) in [6.45, 7) is 5.95. The largest absolute Gasteiger partial charge is 0.493 e. The second-order valence-corrected chi connectivity index (χ2v) is 12.6. The number of hydrogen-bond acceptors (Lipinski definition) is 7. The Morgan fingerprint density at radius 3 is 2.72 bits per heavy atom. The monoisotopic (exact) mass is 629 g/mol. The van der Waals surface area contributed by atoms with Crippen LogP contribution in [0.4, 0.5) is 0 Å². The van der Waals surface area contributed by atoms with Crippen LogP contribution in [0.2, 0.25) is 0 Å². The third kappa shape index (κ3) is 7.88. The van der Waals surface area contributed by atoms with Gasteiger partial charge in [0.15, 0.2) is 0 Å². The SMILES string of the molecule is Cc1nn(C)c(C)c1CCC(=O)N1CC[C@H]2OCc3cccc(c3)Oc3cc(OCC4CC4)cc(c3)C(=O)NCCC(=O)N[C@H]2C1. The Hall–Kier alpha value is -4.38. The molecule has 3 aromatic rings. The van der Waals surface area contributed by atoms with Gasteiger partial charge in [0, 0.05) is 56.8 Å². The average Bonchev–Trinajstić information content (AvgIpc) is 3.83. The minimum absolute atomic E-state index is 0.0399. The van der Waals surface area contributed by atoms with Crippen LogP contribution in [0.5, 0.6) is 17.2 Å². The fraction of sp³-hybridized carbons (Fsp3) is 0.486. The Labute approximate surface area is 269 Å². The first-order valence-corrected chi connectivity index (χ1v) is 16.2. The van der Waals surface area contributed by atoms with Crippen molar-refractivity contribution in [1.82, 2.24) is 25.3 Å². The topological polar surface area (TPSA) is 124 Å². The van der Waals surface area contributed by atoms with Crippen molar-refractivity contribution < 1.29 is 28.6 Å². The molecule has 1 aliphatic carbocycles. The summed E-state index contributed by atoms with van der Waals surface area (Å²) < 4.78 is 20.4. The lowest BCUT2D eigenvalue weighted by Gasteiger charge is -2.39. The van der Waals surface area contributed by atoms with Gasteiger partial charge in [-0.2, -0.15) is 5.10 Å². The Balaban J connectivity index is 1.16. The highest BCUT2D eigenvalue weighted by molar-refractivity contribution is 5.95. The Morgan fingerprint density at radius 2 is 1.93 bits per heavy atom. The molecule has 3 aliphatic rings. The van der Waals surface area contributed by atoms with Crippen molar-refractivity contribution in [2.75, 3.05) is 26.2 Å². The van der Waals surface area contributed by atoms with E-state index in [1.807, 2.05) is 54.7 Å². The number of piperidine rings is 1. The number of carbonyl (C=O) groups excluding carboxylic acids is 3. The number of aryl methyl sites for hydroxylation is 2. The van der Waals surface area contributed by atoms with Crippen LogP contribution in [0.15, 0.2) is 42.5 Å². The molecule has 1 aromatic heterocycles. The van der Waals surface area contributed by atoms with Gasteiger partial charge in [-0.15, -0.1) is 0 Å². The summed E-state index contributed by atoms with van der Waals surface area (Å²) in [5.74, 6) is 1.73. The number of nitrogens with one attached hydrogen (secondary N) is 2. The number of hydrogen-bond donors (Lipinski definition) is 2. The molecule has 1 saturated carbocycles. The molecule has 46 heavy (non-hydrogen) atoms. The molecule has 1 saturated heterocycles. The molecule has 2 aromatic carbocycles. The molecule has 6 rings (SSSR count). The summed E-state index contributed by atoms with van der Waals surface area (Å²) in [7, 11) is 1.91. The Morgan fingerprint density at radius 1 is 1.09 bits per heavy atom. The number of likely N-dealkylation sites (tertiary alicyclic amines) is 1. The summed E-state index contributed by atoms with van der Waals surface area (Å²) in [5, 5.41) is 10.4. The molecule has 0 radical (unpaired) electrons. The Bertz CT molecular complexity index is 1600. The number of rotatable bonds is 6. The molecule has 244 valence electrons. The average molecular weight is 630 g/mol. The maximum atomic E-state index is 13.3. The minimum atomic E-state index is -0.390. The van der Waals surface area contributed by atoms with E-state index in [0.717, 1.165) is 35.4 Å². The molecule has 0 spiro atoms. The van der Waals surface area contributed by atoms with E-state index in [0.29, 0.717) is 74.3 Å². The highest BCUT2D eigenvalue weighted by Crippen LogP contribution is 2.32. The first-order valence-electron chi connectivity index (χ1n) is 16.2. The number of nitrogens with zero attached hydrogens (tertiary/aromatic N) is 3. The molecule has 2 N–H and O–H groups in total. The van der Waals surface area contributed by atoms with Gasteiger partial charge in [-0.1, -0.05) is 12.1 Å². The molecule has 3 heterocycles. The zero-order valence-corrected chi connectivity index (χ0v) is 26.8. The molecular formula is C35H43N5O6. The predicted octanol–water partition coefficient (Wildman–Crippen LogP) is 3.99. The van der Waals surface area contributed by atoms with Gasteiger partial charge in [-0.3, -0.25) is 19.1 Å². The zero-order chi connectivity index (χ0) is 32.2. The van der Waals surface area contributed by atoms with Gasteiger partial charge in [0.25, 0.3) is 5.91 Å². The van der Waals surface area contributed by atoms with Crippen molar-refractivity contribution in [3.8, 4) is 17.2 Å². The molecular weight excluding hydrogens is 586 g/mol. The second kappa shape index (κ2) is 13.9. The van der Waals surface area contributed by atoms with Gasteiger partial charge in [0.1, 0.15) is 17.2 Å². The fourth-order valence-corrected chi connectivity index (χ4v) is 6.12. The number of amides is 3. The molecule has 2 fully saturated rings. The highest BCUT2D eigenvalue weighted by Gasteiger charge is 2.33. The molecule has 11 nitrogen and oxygen atoms in total. The van der Waals surface area contributed by atoms with Crippen LogP contribution in [-0.4, -0.2) is 70.8 Å². The molecule has 2 aliphatic heterocycles. The van der Waals surface area contributed by atoms with Gasteiger partial charge in [0.05, 0.1) is 31.1 Å². The molecule has 11 heteroatoms. The summed E-state index contributed by atoms with van der Waals surface area (Å²) >= 11 is 0. The summed E-state index contributed by atoms with van der Waals surface area (Å²) in [6.07, 6.45) is 3.68. The predicted molar refractivity (Wildman–Crippen MR) is 171 cm³/mol. The van der Waals surface area contributed by atoms with Gasteiger partial charge < -0.3 is 29.7 Å². The van der Waals surface area contributed by atoms with Crippen molar-refractivity contribution >= 4 is 17.7 Å². The lowest BCUT2D eigenvalue weighted by atomic mass is 10.00. The summed E-state index contributed by atoms with van der Waals surface area (Å²) in [6, 6.07) is 12.4. The van der Waals surface area contributed by atoms with Gasteiger partial charge in [-0.25, -0.2) is 0 Å². The van der Waals surface area contributed by atoms with E-state index >= 15 is 0 Å². The molecule has 0 unspecified atom stereocenters. The van der Waals surface area contributed by atoms with Crippen LogP contribution in [-0.2, 0) is 34.4 Å². The number of carbonyl (C=O) groups is 3. The summed E-state index contributed by atoms with van der Waals surface area (Å²) in [5.41, 5.74) is 4.41. The standard InChI is InChI=1S/C35H43N5O6/c1-22-30(23(2)39(3)38-22)9-10-34(42)40-14-12-32-31(19-40)37-33(41)11-13-36-35(43)26-16-28(44-20-24-7-8-24)18-29(17-26)46-27-6-4-5-25(15-27)21-45-32/h4-6,15-18,24,31-32H,7-14,19-21H2,1-3H3,(H,36,43)(H,37,41)/t31-,32+/m0/s1. The van der Waals surface area contributed by atoms with Crippen molar-refractivity contribution in [3.05, 3.63) is 70.5 Å². The van der Waals surface area contributed by atoms with Crippen molar-refractivity contribution in [2.45, 2.75) is 71.1 Å². The first kappa shape index (κ1) is 31.6. The quantitative estimate of drug-likeness (QED) is 0.423. The van der Waals surface area contributed by atoms with E-state index in [2.05, 4.69) is 15.7 Å². The van der Waals surface area contributed by atoms with Crippen molar-refractivity contribution in [1.29, 1.82) is 0 Å². The number of fused-ring (bicyclic) bond motifs is 5. The van der Waals surface area contributed by atoms with E-state index in [4.69, 9.17) is 14.2 Å². The second-order valence-electron chi connectivity index (χ2n) is 12.6. The molecule has 4 bridgehead atoms. The van der Waals surface area contributed by atoms with E-state index in [-0.39, 0.29) is 42.8 Å². The highest BCUT2D eigenvalue weighted by atomic mass is 16.5. The van der Waals surface area contributed by atoms with Crippen LogP contribution >= 0.6 is 0 Å². The maximum absolute atomic E-state index is 13.3. The fourth-order valence-electron chi connectivity index (χ4n) is 6.12. The van der Waals surface area contributed by atoms with Crippen LogP contribution < -0.4 is 20.1 Å². The van der Waals surface area contributed by atoms with Crippen molar-refractivity contribution in [2.24, 2.45) is 13.0 Å². The zero-order valence-electron chi connectivity index (χ0n) is 26.8. The smallest absolute Gasteiger partial charge is 0.251 e. The van der Waals surface area contributed by atoms with Crippen LogP contribution in [0.3, 0.4) is 0 Å². The number of benzene rings is 2. The van der Waals surface area contributed by atoms with E-state index < -0.39 is 0 Å².